The summed E-state index contributed by atoms with van der Waals surface area (Å²) < 4.78 is 5.49. The highest BCUT2D eigenvalue weighted by Crippen LogP contribution is 2.25. The lowest BCUT2D eigenvalue weighted by atomic mass is 9.82. The van der Waals surface area contributed by atoms with E-state index < -0.39 is 5.41 Å². The van der Waals surface area contributed by atoms with Gasteiger partial charge in [0.1, 0.15) is 12.0 Å². The normalized spacial score (nSPS) is 12.9. The third-order valence-corrected chi connectivity index (χ3v) is 4.45. The third kappa shape index (κ3) is 5.17. The Morgan fingerprint density at radius 1 is 1.04 bits per heavy atom. The van der Waals surface area contributed by atoms with Crippen molar-refractivity contribution in [3.05, 3.63) is 71.3 Å². The molecule has 5 heteroatoms. The first-order valence-electron chi connectivity index (χ1n) is 8.71. The van der Waals surface area contributed by atoms with Crippen molar-refractivity contribution in [2.24, 2.45) is 5.73 Å². The molecule has 2 rings (SSSR count). The van der Waals surface area contributed by atoms with Crippen LogP contribution in [0, 0.1) is 0 Å². The minimum atomic E-state index is -0.898. The zero-order valence-electron chi connectivity index (χ0n) is 15.3. The zero-order chi connectivity index (χ0) is 19.0. The van der Waals surface area contributed by atoms with E-state index >= 15 is 0 Å². The molecule has 0 aliphatic heterocycles. The van der Waals surface area contributed by atoms with Gasteiger partial charge in [-0.2, -0.15) is 0 Å². The fraction of sp³-hybridized carbons (Fsp3) is 0.333. The first kappa shape index (κ1) is 19.7. The lowest BCUT2D eigenvalue weighted by Crippen LogP contribution is -2.41. The number of nitrogens with two attached hydrogens (primary N) is 1. The molecular formula is C21H26N2O3. The predicted octanol–water partition coefficient (Wildman–Crippen LogP) is 2.33. The Balaban J connectivity index is 2.02. The molecule has 0 aromatic heterocycles. The molecule has 0 saturated heterocycles. The molecule has 5 nitrogen and oxygen atoms in total. The Morgan fingerprint density at radius 3 is 2.27 bits per heavy atom. The summed E-state index contributed by atoms with van der Waals surface area (Å²) in [5, 5.41) is 2.77. The number of carbonyl (C=O) groups is 2. The van der Waals surface area contributed by atoms with Crippen molar-refractivity contribution in [3.8, 4) is 0 Å². The number of rotatable bonds is 8. The maximum absolute atomic E-state index is 12.7. The molecule has 2 aromatic carbocycles. The quantitative estimate of drug-likeness (QED) is 0.713. The first-order valence-corrected chi connectivity index (χ1v) is 8.71. The Hall–Kier alpha value is -2.66. The summed E-state index contributed by atoms with van der Waals surface area (Å²) in [7, 11) is 0. The molecule has 0 spiro atoms. The van der Waals surface area contributed by atoms with Crippen molar-refractivity contribution in [2.45, 2.75) is 32.3 Å². The van der Waals surface area contributed by atoms with E-state index in [0.29, 0.717) is 6.54 Å². The smallest absolute Gasteiger partial charge is 0.317 e. The van der Waals surface area contributed by atoms with Crippen LogP contribution in [-0.2, 0) is 32.8 Å². The van der Waals surface area contributed by atoms with Crippen LogP contribution in [0.25, 0.3) is 0 Å². The second-order valence-corrected chi connectivity index (χ2v) is 6.53. The summed E-state index contributed by atoms with van der Waals surface area (Å²) in [6, 6.07) is 17.3. The molecule has 0 fully saturated rings. The Kier molecular flexibility index (Phi) is 6.92. The monoisotopic (exact) mass is 354 g/mol. The lowest BCUT2D eigenvalue weighted by molar-refractivity contribution is -0.151. The van der Waals surface area contributed by atoms with E-state index in [1.807, 2.05) is 54.6 Å². The lowest BCUT2D eigenvalue weighted by Gasteiger charge is -2.26. The molecule has 2 aromatic rings. The third-order valence-electron chi connectivity index (χ3n) is 4.45. The van der Waals surface area contributed by atoms with Gasteiger partial charge < -0.3 is 15.8 Å². The van der Waals surface area contributed by atoms with Crippen LogP contribution in [-0.4, -0.2) is 25.0 Å². The standard InChI is InChI=1S/C21H26N2O3/c1-16(24)23-13-12-17-8-10-19(11-9-17)21(2,15-22)20(25)26-14-18-6-4-3-5-7-18/h3-11H,12-15,22H2,1-2H3,(H,23,24). The van der Waals surface area contributed by atoms with Gasteiger partial charge in [0, 0.05) is 20.0 Å². The summed E-state index contributed by atoms with van der Waals surface area (Å²) >= 11 is 0. The number of carbonyl (C=O) groups excluding carboxylic acids is 2. The molecule has 0 aliphatic carbocycles. The van der Waals surface area contributed by atoms with Crippen molar-refractivity contribution in [1.29, 1.82) is 0 Å². The van der Waals surface area contributed by atoms with Gasteiger partial charge in [0.2, 0.25) is 5.91 Å². The van der Waals surface area contributed by atoms with E-state index in [1.54, 1.807) is 6.92 Å². The van der Waals surface area contributed by atoms with Crippen LogP contribution in [0.15, 0.2) is 54.6 Å². The number of amides is 1. The summed E-state index contributed by atoms with van der Waals surface area (Å²) in [5.41, 5.74) is 7.86. The van der Waals surface area contributed by atoms with Crippen molar-refractivity contribution in [3.63, 3.8) is 0 Å². The van der Waals surface area contributed by atoms with Gasteiger partial charge in [0.05, 0.1) is 0 Å². The van der Waals surface area contributed by atoms with Gasteiger partial charge in [-0.05, 0) is 30.0 Å². The molecule has 0 aliphatic rings. The summed E-state index contributed by atoms with van der Waals surface area (Å²) in [6.45, 7) is 4.27. The number of esters is 1. The fourth-order valence-corrected chi connectivity index (χ4v) is 2.62. The number of benzene rings is 2. The second kappa shape index (κ2) is 9.15. The van der Waals surface area contributed by atoms with E-state index in [1.165, 1.54) is 6.92 Å². The van der Waals surface area contributed by atoms with Gasteiger partial charge in [0.15, 0.2) is 0 Å². The molecule has 0 bridgehead atoms. The molecule has 1 atom stereocenters. The van der Waals surface area contributed by atoms with Gasteiger partial charge >= 0.3 is 5.97 Å². The van der Waals surface area contributed by atoms with Gasteiger partial charge in [0.25, 0.3) is 0 Å². The largest absolute Gasteiger partial charge is 0.460 e. The van der Waals surface area contributed by atoms with Crippen LogP contribution >= 0.6 is 0 Å². The number of ether oxygens (including phenoxy) is 1. The topological polar surface area (TPSA) is 81.4 Å². The van der Waals surface area contributed by atoms with Crippen LogP contribution < -0.4 is 11.1 Å². The van der Waals surface area contributed by atoms with E-state index in [0.717, 1.165) is 23.1 Å². The van der Waals surface area contributed by atoms with E-state index in [-0.39, 0.29) is 25.0 Å². The Labute approximate surface area is 154 Å². The first-order chi connectivity index (χ1) is 12.5. The van der Waals surface area contributed by atoms with Crippen LogP contribution in [0.2, 0.25) is 0 Å². The molecule has 1 unspecified atom stereocenters. The van der Waals surface area contributed by atoms with Crippen molar-refractivity contribution < 1.29 is 14.3 Å². The average Bonchev–Trinajstić information content (AvgIpc) is 2.66. The highest BCUT2D eigenvalue weighted by molar-refractivity contribution is 5.83. The Morgan fingerprint density at radius 2 is 1.69 bits per heavy atom. The van der Waals surface area contributed by atoms with Crippen LogP contribution in [0.4, 0.5) is 0 Å². The maximum atomic E-state index is 12.7. The minimum Gasteiger partial charge on any atom is -0.460 e. The molecule has 26 heavy (non-hydrogen) atoms. The summed E-state index contributed by atoms with van der Waals surface area (Å²) in [5.74, 6) is -0.381. The van der Waals surface area contributed by atoms with E-state index in [4.69, 9.17) is 10.5 Å². The molecule has 0 radical (unpaired) electrons. The van der Waals surface area contributed by atoms with Crippen molar-refractivity contribution >= 4 is 11.9 Å². The number of nitrogens with one attached hydrogen (secondary N) is 1. The minimum absolute atomic E-state index is 0.0431. The number of hydrogen-bond acceptors (Lipinski definition) is 4. The van der Waals surface area contributed by atoms with Crippen LogP contribution in [0.1, 0.15) is 30.5 Å². The summed E-state index contributed by atoms with van der Waals surface area (Å²) in [6.07, 6.45) is 0.734. The SMILES string of the molecule is CC(=O)NCCc1ccc(C(C)(CN)C(=O)OCc2ccccc2)cc1. The molecule has 3 N–H and O–H groups in total. The van der Waals surface area contributed by atoms with E-state index in [9.17, 15) is 9.59 Å². The molecule has 0 saturated carbocycles. The zero-order valence-corrected chi connectivity index (χ0v) is 15.3. The molecule has 138 valence electrons. The van der Waals surface area contributed by atoms with Gasteiger partial charge in [-0.25, -0.2) is 0 Å². The van der Waals surface area contributed by atoms with Crippen LogP contribution in [0.3, 0.4) is 0 Å². The van der Waals surface area contributed by atoms with Gasteiger partial charge in [-0.15, -0.1) is 0 Å². The highest BCUT2D eigenvalue weighted by Gasteiger charge is 2.35. The van der Waals surface area contributed by atoms with Crippen LogP contribution in [0.5, 0.6) is 0 Å². The maximum Gasteiger partial charge on any atom is 0.317 e. The summed E-state index contributed by atoms with van der Waals surface area (Å²) in [4.78, 5) is 23.6. The second-order valence-electron chi connectivity index (χ2n) is 6.53. The predicted molar refractivity (Wildman–Crippen MR) is 101 cm³/mol. The van der Waals surface area contributed by atoms with Crippen molar-refractivity contribution in [2.75, 3.05) is 13.1 Å². The van der Waals surface area contributed by atoms with Gasteiger partial charge in [-0.1, -0.05) is 54.6 Å². The molecule has 0 heterocycles. The van der Waals surface area contributed by atoms with E-state index in [2.05, 4.69) is 5.32 Å². The van der Waals surface area contributed by atoms with Gasteiger partial charge in [-0.3, -0.25) is 9.59 Å². The average molecular weight is 354 g/mol. The number of hydrogen-bond donors (Lipinski definition) is 2. The molecular weight excluding hydrogens is 328 g/mol. The van der Waals surface area contributed by atoms with Crippen molar-refractivity contribution in [1.82, 2.24) is 5.32 Å². The Bertz CT molecular complexity index is 729. The molecule has 1 amide bonds. The fourth-order valence-electron chi connectivity index (χ4n) is 2.62. The highest BCUT2D eigenvalue weighted by atomic mass is 16.5.